The number of hydrogen-bond acceptors (Lipinski definition) is 3. The lowest BCUT2D eigenvalue weighted by Crippen LogP contribution is -2.37. The van der Waals surface area contributed by atoms with E-state index in [4.69, 9.17) is 4.74 Å². The van der Waals surface area contributed by atoms with Crippen LogP contribution in [0.15, 0.2) is 6.20 Å². The van der Waals surface area contributed by atoms with Crippen LogP contribution in [0, 0.1) is 5.92 Å². The Morgan fingerprint density at radius 1 is 1.47 bits per heavy atom. The zero-order valence-corrected chi connectivity index (χ0v) is 11.7. The highest BCUT2D eigenvalue weighted by Gasteiger charge is 2.14. The van der Waals surface area contributed by atoms with Crippen molar-refractivity contribution in [1.29, 1.82) is 0 Å². The summed E-state index contributed by atoms with van der Waals surface area (Å²) in [6.45, 7) is 8.17. The number of aromatic nitrogens is 2. The topological polar surface area (TPSA) is 39.1 Å². The largest absolute Gasteiger partial charge is 0.383 e. The van der Waals surface area contributed by atoms with Crippen molar-refractivity contribution in [2.45, 2.75) is 39.8 Å². The van der Waals surface area contributed by atoms with Crippen LogP contribution in [0.1, 0.15) is 32.0 Å². The molecule has 0 bridgehead atoms. The number of nitrogens with one attached hydrogen (secondary N) is 1. The third kappa shape index (κ3) is 4.13. The second-order valence-electron chi connectivity index (χ2n) is 4.82. The highest BCUT2D eigenvalue weighted by Crippen LogP contribution is 2.09. The van der Waals surface area contributed by atoms with Gasteiger partial charge >= 0.3 is 0 Å². The zero-order chi connectivity index (χ0) is 12.8. The predicted molar refractivity (Wildman–Crippen MR) is 69.9 cm³/mol. The van der Waals surface area contributed by atoms with E-state index in [9.17, 15) is 0 Å². The summed E-state index contributed by atoms with van der Waals surface area (Å²) < 4.78 is 7.12. The first kappa shape index (κ1) is 14.2. The molecule has 1 N–H and O–H groups in total. The smallest absolute Gasteiger partial charge is 0.0666 e. The molecular weight excluding hydrogens is 214 g/mol. The maximum absolute atomic E-state index is 5.23. The van der Waals surface area contributed by atoms with Gasteiger partial charge < -0.3 is 10.1 Å². The van der Waals surface area contributed by atoms with E-state index >= 15 is 0 Å². The Kier molecular flexibility index (Phi) is 5.65. The summed E-state index contributed by atoms with van der Waals surface area (Å²) >= 11 is 0. The number of hydrogen-bond donors (Lipinski definition) is 1. The van der Waals surface area contributed by atoms with Crippen LogP contribution in [0.2, 0.25) is 0 Å². The van der Waals surface area contributed by atoms with Gasteiger partial charge in [-0.15, -0.1) is 0 Å². The van der Waals surface area contributed by atoms with Gasteiger partial charge in [-0.25, -0.2) is 0 Å². The second kappa shape index (κ2) is 6.77. The third-order valence-electron chi connectivity index (χ3n) is 3.03. The summed E-state index contributed by atoms with van der Waals surface area (Å²) in [7, 11) is 3.72. The molecule has 98 valence electrons. The molecule has 0 aliphatic rings. The van der Waals surface area contributed by atoms with Gasteiger partial charge in [0.1, 0.15) is 0 Å². The van der Waals surface area contributed by atoms with Gasteiger partial charge in [0.2, 0.25) is 0 Å². The Morgan fingerprint density at radius 3 is 2.71 bits per heavy atom. The molecule has 1 rings (SSSR count). The Morgan fingerprint density at radius 2 is 2.18 bits per heavy atom. The average molecular weight is 239 g/mol. The standard InChI is InChI=1S/C13H25N3O/c1-6-12-11(8-16(4)15-12)7-14-13(9-17-5)10(2)3/h8,10,13-14H,6-7,9H2,1-5H3. The number of aryl methyl sites for hydroxylation is 2. The van der Waals surface area contributed by atoms with Crippen molar-refractivity contribution in [3.63, 3.8) is 0 Å². The minimum Gasteiger partial charge on any atom is -0.383 e. The summed E-state index contributed by atoms with van der Waals surface area (Å²) in [6.07, 6.45) is 3.07. The lowest BCUT2D eigenvalue weighted by atomic mass is 10.0. The molecule has 17 heavy (non-hydrogen) atoms. The van der Waals surface area contributed by atoms with E-state index in [2.05, 4.69) is 37.4 Å². The average Bonchev–Trinajstić information content (AvgIpc) is 2.64. The first-order valence-electron chi connectivity index (χ1n) is 6.32. The summed E-state index contributed by atoms with van der Waals surface area (Å²) in [5.41, 5.74) is 2.47. The highest BCUT2D eigenvalue weighted by molar-refractivity contribution is 5.16. The van der Waals surface area contributed by atoms with Crippen LogP contribution in [0.5, 0.6) is 0 Å². The Labute approximate surface area is 104 Å². The van der Waals surface area contributed by atoms with E-state index in [0.717, 1.165) is 19.6 Å². The van der Waals surface area contributed by atoms with Gasteiger partial charge in [-0.05, 0) is 12.3 Å². The van der Waals surface area contributed by atoms with Crippen LogP contribution < -0.4 is 5.32 Å². The fourth-order valence-electron chi connectivity index (χ4n) is 1.94. The van der Waals surface area contributed by atoms with Crippen LogP contribution in [0.25, 0.3) is 0 Å². The van der Waals surface area contributed by atoms with Crippen LogP contribution in [-0.4, -0.2) is 29.5 Å². The van der Waals surface area contributed by atoms with Gasteiger partial charge in [-0.1, -0.05) is 20.8 Å². The lowest BCUT2D eigenvalue weighted by Gasteiger charge is -2.21. The minimum atomic E-state index is 0.393. The van der Waals surface area contributed by atoms with Crippen LogP contribution in [-0.2, 0) is 24.8 Å². The molecule has 0 amide bonds. The van der Waals surface area contributed by atoms with Gasteiger partial charge in [-0.2, -0.15) is 5.10 Å². The van der Waals surface area contributed by atoms with E-state index < -0.39 is 0 Å². The monoisotopic (exact) mass is 239 g/mol. The molecule has 0 aliphatic carbocycles. The first-order chi connectivity index (χ1) is 8.08. The number of nitrogens with zero attached hydrogens (tertiary/aromatic N) is 2. The van der Waals surface area contributed by atoms with Gasteiger partial charge in [0, 0.05) is 38.5 Å². The third-order valence-corrected chi connectivity index (χ3v) is 3.03. The predicted octanol–water partition coefficient (Wildman–Crippen LogP) is 1.74. The molecule has 4 heteroatoms. The van der Waals surface area contributed by atoms with Crippen molar-refractivity contribution in [3.8, 4) is 0 Å². The molecule has 0 radical (unpaired) electrons. The summed E-state index contributed by atoms with van der Waals surface area (Å²) in [6, 6.07) is 0.393. The van der Waals surface area contributed by atoms with Crippen molar-refractivity contribution in [2.75, 3.05) is 13.7 Å². The molecule has 1 atom stereocenters. The van der Waals surface area contributed by atoms with Crippen molar-refractivity contribution >= 4 is 0 Å². The molecule has 0 aliphatic heterocycles. The fraction of sp³-hybridized carbons (Fsp3) is 0.769. The van der Waals surface area contributed by atoms with Crippen molar-refractivity contribution < 1.29 is 4.74 Å². The molecule has 0 spiro atoms. The molecule has 4 nitrogen and oxygen atoms in total. The van der Waals surface area contributed by atoms with Crippen molar-refractivity contribution in [2.24, 2.45) is 13.0 Å². The minimum absolute atomic E-state index is 0.393. The molecule has 0 saturated heterocycles. The van der Waals surface area contributed by atoms with Crippen LogP contribution in [0.4, 0.5) is 0 Å². The molecule has 1 unspecified atom stereocenters. The Bertz CT molecular complexity index is 333. The maximum atomic E-state index is 5.23. The zero-order valence-electron chi connectivity index (χ0n) is 11.7. The van der Waals surface area contributed by atoms with Crippen LogP contribution >= 0.6 is 0 Å². The SMILES string of the molecule is CCc1nn(C)cc1CNC(COC)C(C)C. The normalized spacial score (nSPS) is 13.3. The summed E-state index contributed by atoms with van der Waals surface area (Å²) in [5.74, 6) is 0.566. The fourth-order valence-corrected chi connectivity index (χ4v) is 1.94. The molecule has 0 aromatic carbocycles. The van der Waals surface area contributed by atoms with Gasteiger partial charge in [-0.3, -0.25) is 4.68 Å². The molecule has 0 saturated carbocycles. The molecule has 1 aromatic rings. The number of methoxy groups -OCH3 is 1. The maximum Gasteiger partial charge on any atom is 0.0666 e. The van der Waals surface area contributed by atoms with E-state index in [1.54, 1.807) is 7.11 Å². The van der Waals surface area contributed by atoms with E-state index in [1.807, 2.05) is 11.7 Å². The second-order valence-corrected chi connectivity index (χ2v) is 4.82. The van der Waals surface area contributed by atoms with Gasteiger partial charge in [0.05, 0.1) is 12.3 Å². The number of rotatable bonds is 7. The van der Waals surface area contributed by atoms with Crippen molar-refractivity contribution in [3.05, 3.63) is 17.5 Å². The summed E-state index contributed by atoms with van der Waals surface area (Å²) in [4.78, 5) is 0. The Balaban J connectivity index is 2.58. The molecular formula is C13H25N3O. The van der Waals surface area contributed by atoms with E-state index in [-0.39, 0.29) is 0 Å². The highest BCUT2D eigenvalue weighted by atomic mass is 16.5. The van der Waals surface area contributed by atoms with Crippen molar-refractivity contribution in [1.82, 2.24) is 15.1 Å². The van der Waals surface area contributed by atoms with Crippen LogP contribution in [0.3, 0.4) is 0 Å². The number of ether oxygens (including phenoxy) is 1. The molecule has 1 heterocycles. The van der Waals surface area contributed by atoms with Gasteiger partial charge in [0.25, 0.3) is 0 Å². The molecule has 0 fully saturated rings. The quantitative estimate of drug-likeness (QED) is 0.788. The lowest BCUT2D eigenvalue weighted by molar-refractivity contribution is 0.146. The first-order valence-corrected chi connectivity index (χ1v) is 6.32. The molecule has 1 aromatic heterocycles. The van der Waals surface area contributed by atoms with Gasteiger partial charge in [0.15, 0.2) is 0 Å². The van der Waals surface area contributed by atoms with E-state index in [1.165, 1.54) is 11.3 Å². The van der Waals surface area contributed by atoms with E-state index in [0.29, 0.717) is 12.0 Å². The Hall–Kier alpha value is -0.870. The summed E-state index contributed by atoms with van der Waals surface area (Å²) in [5, 5.41) is 7.99.